The summed E-state index contributed by atoms with van der Waals surface area (Å²) in [4.78, 5) is 4.26. The number of ether oxygens (including phenoxy) is 2. The molecule has 0 heterocycles. The van der Waals surface area contributed by atoms with E-state index in [4.69, 9.17) is 9.47 Å². The molecule has 6 aromatic rings. The van der Waals surface area contributed by atoms with Crippen LogP contribution >= 0.6 is 0 Å². The van der Waals surface area contributed by atoms with Crippen LogP contribution in [0, 0.1) is 45.3 Å². The summed E-state index contributed by atoms with van der Waals surface area (Å²) in [5.74, 6) is 1.51. The minimum atomic E-state index is 0.0438. The van der Waals surface area contributed by atoms with Crippen molar-refractivity contribution < 1.29 is 9.47 Å². The third kappa shape index (κ3) is 8.12. The molecule has 8 nitrogen and oxygen atoms in total. The van der Waals surface area contributed by atoms with E-state index in [1.165, 1.54) is 0 Å². The van der Waals surface area contributed by atoms with E-state index in [-0.39, 0.29) is 11.1 Å². The fourth-order valence-corrected chi connectivity index (χ4v) is 5.91. The van der Waals surface area contributed by atoms with Crippen molar-refractivity contribution in [2.24, 2.45) is 0 Å². The molecule has 0 bridgehead atoms. The van der Waals surface area contributed by atoms with Gasteiger partial charge in [0.1, 0.15) is 46.9 Å². The molecule has 0 unspecified atom stereocenters. The summed E-state index contributed by atoms with van der Waals surface area (Å²) in [7, 11) is 3.28. The molecule has 8 heteroatoms. The lowest BCUT2D eigenvalue weighted by Crippen LogP contribution is -2.10. The summed E-state index contributed by atoms with van der Waals surface area (Å²) >= 11 is 0. The lowest BCUT2D eigenvalue weighted by molar-refractivity contribution is 0.414. The van der Waals surface area contributed by atoms with Crippen molar-refractivity contribution in [1.29, 1.82) is 21.0 Å². The predicted octanol–water partition coefficient (Wildman–Crippen LogP) is 11.2. The highest BCUT2D eigenvalue weighted by atomic mass is 16.5. The van der Waals surface area contributed by atoms with Gasteiger partial charge < -0.3 is 19.3 Å². The Morgan fingerprint density at radius 1 is 0.389 bits per heavy atom. The number of nitriles is 4. The molecule has 0 radical (unpaired) electrons. The molecule has 0 aliphatic rings. The Bertz CT molecular complexity index is 2250. The lowest BCUT2D eigenvalue weighted by atomic mass is 10.0. The van der Waals surface area contributed by atoms with Crippen LogP contribution in [0.25, 0.3) is 23.3 Å². The summed E-state index contributed by atoms with van der Waals surface area (Å²) in [5.41, 5.74) is 9.25. The second kappa shape index (κ2) is 16.8. The summed E-state index contributed by atoms with van der Waals surface area (Å²) in [6, 6.07) is 55.4. The van der Waals surface area contributed by atoms with E-state index in [0.717, 1.165) is 67.9 Å². The molecule has 6 rings (SSSR count). The Morgan fingerprint density at radius 3 is 0.870 bits per heavy atom. The summed E-state index contributed by atoms with van der Waals surface area (Å²) in [6.45, 7) is 0. The first-order valence-corrected chi connectivity index (χ1v) is 16.8. The molecule has 0 spiro atoms. The highest BCUT2D eigenvalue weighted by Gasteiger charge is 2.15. The Morgan fingerprint density at radius 2 is 0.630 bits per heavy atom. The van der Waals surface area contributed by atoms with Crippen molar-refractivity contribution in [2.75, 3.05) is 24.0 Å². The standard InChI is InChI=1S/C46H32N6O2/c1-53-45-23-19-43(20-24-45)51(39-11-3-33(4-12-39)27-35(29-47)30-48)41-15-7-37(8-16-41)38-9-17-42(18-10-38)52(44-21-25-46(54-2)26-22-44)40-13-5-34(6-14-40)28-36(31-49)32-50/h3-28H,1-2H3. The van der Waals surface area contributed by atoms with Crippen LogP contribution in [0.4, 0.5) is 34.1 Å². The molecule has 258 valence electrons. The zero-order valence-electron chi connectivity index (χ0n) is 29.5. The maximum Gasteiger partial charge on any atom is 0.130 e. The lowest BCUT2D eigenvalue weighted by Gasteiger charge is -2.26. The highest BCUT2D eigenvalue weighted by molar-refractivity contribution is 5.82. The van der Waals surface area contributed by atoms with Crippen molar-refractivity contribution in [1.82, 2.24) is 0 Å². The van der Waals surface area contributed by atoms with Crippen molar-refractivity contribution >= 4 is 46.3 Å². The van der Waals surface area contributed by atoms with Crippen molar-refractivity contribution in [2.45, 2.75) is 0 Å². The average molecular weight is 701 g/mol. The number of anilines is 6. The monoisotopic (exact) mass is 700 g/mol. The van der Waals surface area contributed by atoms with E-state index in [9.17, 15) is 21.0 Å². The van der Waals surface area contributed by atoms with Crippen LogP contribution in [0.5, 0.6) is 11.5 Å². The Kier molecular flexibility index (Phi) is 11.1. The second-order valence-corrected chi connectivity index (χ2v) is 11.9. The smallest absolute Gasteiger partial charge is 0.130 e. The number of hydrogen-bond donors (Lipinski definition) is 0. The van der Waals surface area contributed by atoms with E-state index < -0.39 is 0 Å². The van der Waals surface area contributed by atoms with Gasteiger partial charge in [0.2, 0.25) is 0 Å². The Balaban J connectivity index is 1.31. The Hall–Kier alpha value is -8.04. The fraction of sp³-hybridized carbons (Fsp3) is 0.0435. The molecule has 0 N–H and O–H groups in total. The molecule has 0 saturated heterocycles. The van der Waals surface area contributed by atoms with Gasteiger partial charge in [-0.1, -0.05) is 48.5 Å². The van der Waals surface area contributed by atoms with E-state index in [1.807, 2.05) is 121 Å². The number of hydrogen-bond acceptors (Lipinski definition) is 8. The molecule has 6 aromatic carbocycles. The molecular weight excluding hydrogens is 669 g/mol. The van der Waals surface area contributed by atoms with Gasteiger partial charge in [0, 0.05) is 34.1 Å². The van der Waals surface area contributed by atoms with E-state index in [2.05, 4.69) is 58.3 Å². The van der Waals surface area contributed by atoms with Gasteiger partial charge in [-0.25, -0.2) is 0 Å². The maximum absolute atomic E-state index is 9.19. The molecular formula is C46H32N6O2. The first-order chi connectivity index (χ1) is 26.5. The van der Waals surface area contributed by atoms with Crippen LogP contribution in [-0.4, -0.2) is 14.2 Å². The third-order valence-corrected chi connectivity index (χ3v) is 8.65. The van der Waals surface area contributed by atoms with E-state index in [0.29, 0.717) is 0 Å². The van der Waals surface area contributed by atoms with Gasteiger partial charge in [-0.2, -0.15) is 21.0 Å². The van der Waals surface area contributed by atoms with Gasteiger partial charge in [-0.15, -0.1) is 0 Å². The topological polar surface area (TPSA) is 120 Å². The molecule has 0 saturated carbocycles. The highest BCUT2D eigenvalue weighted by Crippen LogP contribution is 2.39. The van der Waals surface area contributed by atoms with Crippen LogP contribution in [-0.2, 0) is 0 Å². The molecule has 0 aromatic heterocycles. The quantitative estimate of drug-likeness (QED) is 0.122. The van der Waals surface area contributed by atoms with Gasteiger partial charge in [0.15, 0.2) is 0 Å². The maximum atomic E-state index is 9.19. The van der Waals surface area contributed by atoms with Crippen LogP contribution in [0.2, 0.25) is 0 Å². The van der Waals surface area contributed by atoms with Gasteiger partial charge >= 0.3 is 0 Å². The SMILES string of the molecule is COc1ccc(N(c2ccc(C=C(C#N)C#N)cc2)c2ccc(-c3ccc(N(c4ccc(C=C(C#N)C#N)cc4)c4ccc(OC)cc4)cc3)cc2)cc1. The van der Waals surface area contributed by atoms with Crippen LogP contribution in [0.1, 0.15) is 11.1 Å². The first kappa shape index (κ1) is 35.8. The van der Waals surface area contributed by atoms with E-state index >= 15 is 0 Å². The number of allylic oxidation sites excluding steroid dienone is 2. The minimum Gasteiger partial charge on any atom is -0.497 e. The van der Waals surface area contributed by atoms with Crippen molar-refractivity contribution in [3.63, 3.8) is 0 Å². The van der Waals surface area contributed by atoms with Crippen LogP contribution in [0.3, 0.4) is 0 Å². The van der Waals surface area contributed by atoms with Gasteiger partial charge in [0.05, 0.1) is 14.2 Å². The zero-order chi connectivity index (χ0) is 37.9. The second-order valence-electron chi connectivity index (χ2n) is 11.9. The van der Waals surface area contributed by atoms with Crippen LogP contribution < -0.4 is 19.3 Å². The van der Waals surface area contributed by atoms with Crippen LogP contribution in [0.15, 0.2) is 157 Å². The Labute approximate surface area is 314 Å². The molecule has 0 atom stereocenters. The molecule has 0 fully saturated rings. The van der Waals surface area contributed by atoms with Gasteiger partial charge in [-0.3, -0.25) is 0 Å². The van der Waals surface area contributed by atoms with Crippen molar-refractivity contribution in [3.8, 4) is 46.9 Å². The third-order valence-electron chi connectivity index (χ3n) is 8.65. The minimum absolute atomic E-state index is 0.0438. The summed E-state index contributed by atoms with van der Waals surface area (Å²) < 4.78 is 10.8. The number of rotatable bonds is 11. The zero-order valence-corrected chi connectivity index (χ0v) is 29.5. The number of benzene rings is 6. The molecule has 0 aliphatic heterocycles. The number of nitrogens with zero attached hydrogens (tertiary/aromatic N) is 6. The largest absolute Gasteiger partial charge is 0.497 e. The normalized spacial score (nSPS) is 9.96. The predicted molar refractivity (Wildman–Crippen MR) is 213 cm³/mol. The van der Waals surface area contributed by atoms with Crippen molar-refractivity contribution in [3.05, 3.63) is 168 Å². The summed E-state index contributed by atoms with van der Waals surface area (Å²) in [5, 5.41) is 36.7. The molecule has 0 aliphatic carbocycles. The van der Waals surface area contributed by atoms with Gasteiger partial charge in [0.25, 0.3) is 0 Å². The fourth-order valence-electron chi connectivity index (χ4n) is 5.91. The summed E-state index contributed by atoms with van der Waals surface area (Å²) in [6.07, 6.45) is 3.13. The molecule has 0 amide bonds. The average Bonchev–Trinajstić information content (AvgIpc) is 3.24. The van der Waals surface area contributed by atoms with Gasteiger partial charge in [-0.05, 0) is 131 Å². The first-order valence-electron chi connectivity index (χ1n) is 16.8. The number of methoxy groups -OCH3 is 2. The van der Waals surface area contributed by atoms with E-state index in [1.54, 1.807) is 26.4 Å². The molecule has 54 heavy (non-hydrogen) atoms.